The number of H-pyrrole nitrogens is 2. The van der Waals surface area contributed by atoms with Crippen molar-refractivity contribution in [2.75, 3.05) is 13.1 Å². The summed E-state index contributed by atoms with van der Waals surface area (Å²) in [5.41, 5.74) is 1.15. The van der Waals surface area contributed by atoms with Crippen molar-refractivity contribution in [3.63, 3.8) is 0 Å². The summed E-state index contributed by atoms with van der Waals surface area (Å²) in [7, 11) is 0. The summed E-state index contributed by atoms with van der Waals surface area (Å²) >= 11 is 0. The molecule has 2 aromatic heterocycles. The van der Waals surface area contributed by atoms with Crippen LogP contribution in [-0.2, 0) is 36.8 Å². The average Bonchev–Trinajstić information content (AvgIpc) is 3.43. The first-order valence-electron chi connectivity index (χ1n) is 9.52. The summed E-state index contributed by atoms with van der Waals surface area (Å²) in [5.74, 6) is -3.67. The SMILES string of the molecule is CC(=O)N[C@@H](Cc1cnc[nH]1)C(=O)NCC(=O)N[C@@H](Cc1cnc[nH]1)C(=O)NCC(=O)O. The first-order chi connectivity index (χ1) is 15.2. The Bertz CT molecular complexity index is 927. The van der Waals surface area contributed by atoms with Crippen LogP contribution in [0.2, 0.25) is 0 Å². The molecule has 32 heavy (non-hydrogen) atoms. The van der Waals surface area contributed by atoms with Gasteiger partial charge in [-0.15, -0.1) is 0 Å². The third-order valence-corrected chi connectivity index (χ3v) is 4.14. The second-order valence-corrected chi connectivity index (χ2v) is 6.76. The molecule has 0 bridgehead atoms. The number of carbonyl (C=O) groups excluding carboxylic acids is 4. The number of imidazole rings is 2. The van der Waals surface area contributed by atoms with Gasteiger partial charge in [-0.2, -0.15) is 0 Å². The topological polar surface area (TPSA) is 211 Å². The van der Waals surface area contributed by atoms with Gasteiger partial charge in [0.25, 0.3) is 0 Å². The number of carboxylic acids is 1. The standard InChI is InChI=1S/C18H24N8O6/c1-10(27)25-13(2-11-4-19-8-23-11)17(31)21-6-15(28)26-14(3-12-5-20-9-24-12)18(32)22-7-16(29)30/h4-5,8-9,13-14H,2-3,6-7H2,1H3,(H,19,23)(H,20,24)(H,21,31)(H,22,32)(H,25,27)(H,26,28)(H,29,30)/t13-,14-/m0/s1. The Morgan fingerprint density at radius 3 is 1.81 bits per heavy atom. The number of aliphatic carboxylic acids is 1. The Kier molecular flexibility index (Phi) is 8.89. The minimum Gasteiger partial charge on any atom is -0.480 e. The number of hydrogen-bond donors (Lipinski definition) is 7. The molecule has 4 amide bonds. The molecule has 2 heterocycles. The molecule has 0 aliphatic heterocycles. The van der Waals surface area contributed by atoms with Gasteiger partial charge in [0, 0.05) is 43.5 Å². The number of carbonyl (C=O) groups is 5. The second kappa shape index (κ2) is 11.8. The second-order valence-electron chi connectivity index (χ2n) is 6.76. The van der Waals surface area contributed by atoms with Crippen molar-refractivity contribution >= 4 is 29.6 Å². The van der Waals surface area contributed by atoms with E-state index in [0.29, 0.717) is 11.4 Å². The van der Waals surface area contributed by atoms with E-state index >= 15 is 0 Å². The molecule has 0 fully saturated rings. The van der Waals surface area contributed by atoms with Gasteiger partial charge in [0.1, 0.15) is 18.6 Å². The molecule has 0 saturated heterocycles. The molecular formula is C18H24N8O6. The zero-order valence-electron chi connectivity index (χ0n) is 17.2. The van der Waals surface area contributed by atoms with Crippen LogP contribution in [0.3, 0.4) is 0 Å². The molecule has 0 aromatic carbocycles. The Hall–Kier alpha value is -4.23. The lowest BCUT2D eigenvalue weighted by molar-refractivity contribution is -0.138. The fourth-order valence-electron chi connectivity index (χ4n) is 2.72. The predicted octanol–water partition coefficient (Wildman–Crippen LogP) is -2.78. The van der Waals surface area contributed by atoms with Gasteiger partial charge in [0.15, 0.2) is 0 Å². The summed E-state index contributed by atoms with van der Waals surface area (Å²) in [6.45, 7) is 0.177. The number of nitrogens with zero attached hydrogens (tertiary/aromatic N) is 2. The molecule has 14 heteroatoms. The van der Waals surface area contributed by atoms with Crippen molar-refractivity contribution in [2.24, 2.45) is 0 Å². The molecule has 2 rings (SSSR count). The lowest BCUT2D eigenvalue weighted by Crippen LogP contribution is -2.53. The number of aromatic nitrogens is 4. The van der Waals surface area contributed by atoms with E-state index in [1.165, 1.54) is 32.0 Å². The normalized spacial score (nSPS) is 12.3. The van der Waals surface area contributed by atoms with E-state index in [9.17, 15) is 24.0 Å². The number of nitrogens with one attached hydrogen (secondary N) is 6. The molecule has 0 aliphatic rings. The predicted molar refractivity (Wildman–Crippen MR) is 108 cm³/mol. The minimum atomic E-state index is -1.24. The van der Waals surface area contributed by atoms with E-state index in [0.717, 1.165) is 0 Å². The molecule has 0 radical (unpaired) electrons. The summed E-state index contributed by atoms with van der Waals surface area (Å²) < 4.78 is 0. The molecule has 2 aromatic rings. The van der Waals surface area contributed by atoms with Crippen LogP contribution >= 0.6 is 0 Å². The zero-order chi connectivity index (χ0) is 23.5. The van der Waals surface area contributed by atoms with Crippen molar-refractivity contribution in [3.8, 4) is 0 Å². The molecule has 0 unspecified atom stereocenters. The largest absolute Gasteiger partial charge is 0.480 e. The number of amides is 4. The van der Waals surface area contributed by atoms with Crippen molar-refractivity contribution in [3.05, 3.63) is 36.4 Å². The highest BCUT2D eigenvalue weighted by Crippen LogP contribution is 2.00. The van der Waals surface area contributed by atoms with E-state index in [4.69, 9.17) is 5.11 Å². The molecule has 0 aliphatic carbocycles. The molecule has 172 valence electrons. The highest BCUT2D eigenvalue weighted by atomic mass is 16.4. The van der Waals surface area contributed by atoms with Crippen LogP contribution in [0, 0.1) is 0 Å². The van der Waals surface area contributed by atoms with Gasteiger partial charge < -0.3 is 36.3 Å². The van der Waals surface area contributed by atoms with Gasteiger partial charge in [-0.25, -0.2) is 9.97 Å². The Balaban J connectivity index is 1.94. The first-order valence-corrected chi connectivity index (χ1v) is 9.52. The van der Waals surface area contributed by atoms with Crippen LogP contribution in [0.4, 0.5) is 0 Å². The van der Waals surface area contributed by atoms with Crippen molar-refractivity contribution in [1.29, 1.82) is 0 Å². The van der Waals surface area contributed by atoms with Crippen LogP contribution < -0.4 is 21.3 Å². The van der Waals surface area contributed by atoms with Gasteiger partial charge in [-0.3, -0.25) is 24.0 Å². The van der Waals surface area contributed by atoms with Crippen molar-refractivity contribution in [1.82, 2.24) is 41.2 Å². The highest BCUT2D eigenvalue weighted by molar-refractivity contribution is 5.93. The summed E-state index contributed by atoms with van der Waals surface area (Å²) in [4.78, 5) is 72.5. The van der Waals surface area contributed by atoms with Gasteiger partial charge in [-0.05, 0) is 0 Å². The van der Waals surface area contributed by atoms with Gasteiger partial charge in [0.05, 0.1) is 19.2 Å². The van der Waals surface area contributed by atoms with E-state index in [1.807, 2.05) is 0 Å². The molecular weight excluding hydrogens is 424 g/mol. The van der Waals surface area contributed by atoms with Gasteiger partial charge >= 0.3 is 5.97 Å². The van der Waals surface area contributed by atoms with Crippen LogP contribution in [0.15, 0.2) is 25.0 Å². The maximum atomic E-state index is 12.5. The fraction of sp³-hybridized carbons (Fsp3) is 0.389. The van der Waals surface area contributed by atoms with Crippen molar-refractivity contribution < 1.29 is 29.1 Å². The van der Waals surface area contributed by atoms with E-state index in [-0.39, 0.29) is 12.8 Å². The molecule has 7 N–H and O–H groups in total. The minimum absolute atomic E-state index is 0.0273. The number of carboxylic acid groups (broad SMARTS) is 1. The Labute approximate surface area is 182 Å². The summed E-state index contributed by atoms with van der Waals surface area (Å²) in [5, 5.41) is 18.3. The van der Waals surface area contributed by atoms with Crippen molar-refractivity contribution in [2.45, 2.75) is 31.8 Å². The van der Waals surface area contributed by atoms with Crippen LogP contribution in [0.1, 0.15) is 18.3 Å². The van der Waals surface area contributed by atoms with E-state index in [2.05, 4.69) is 41.2 Å². The van der Waals surface area contributed by atoms with Crippen LogP contribution in [0.25, 0.3) is 0 Å². The third kappa shape index (κ3) is 8.25. The summed E-state index contributed by atoms with van der Waals surface area (Å²) in [6, 6.07) is -2.05. The van der Waals surface area contributed by atoms with Crippen LogP contribution in [0.5, 0.6) is 0 Å². The first kappa shape index (κ1) is 24.0. The van der Waals surface area contributed by atoms with Gasteiger partial charge in [0.2, 0.25) is 23.6 Å². The number of hydrogen-bond acceptors (Lipinski definition) is 7. The summed E-state index contributed by atoms with van der Waals surface area (Å²) in [6.07, 6.45) is 5.95. The zero-order valence-corrected chi connectivity index (χ0v) is 17.2. The van der Waals surface area contributed by atoms with E-state index < -0.39 is 54.8 Å². The molecule has 0 saturated carbocycles. The Morgan fingerprint density at radius 1 is 0.875 bits per heavy atom. The number of rotatable bonds is 12. The Morgan fingerprint density at radius 2 is 1.38 bits per heavy atom. The average molecular weight is 448 g/mol. The lowest BCUT2D eigenvalue weighted by Gasteiger charge is -2.19. The molecule has 14 nitrogen and oxygen atoms in total. The number of aromatic amines is 2. The van der Waals surface area contributed by atoms with E-state index in [1.54, 1.807) is 0 Å². The third-order valence-electron chi connectivity index (χ3n) is 4.14. The quantitative estimate of drug-likeness (QED) is 0.180. The lowest BCUT2D eigenvalue weighted by atomic mass is 10.1. The van der Waals surface area contributed by atoms with Crippen LogP contribution in [-0.4, -0.2) is 79.8 Å². The fourth-order valence-corrected chi connectivity index (χ4v) is 2.72. The molecule has 0 spiro atoms. The van der Waals surface area contributed by atoms with Gasteiger partial charge in [-0.1, -0.05) is 0 Å². The highest BCUT2D eigenvalue weighted by Gasteiger charge is 2.24. The monoisotopic (exact) mass is 448 g/mol. The molecule has 2 atom stereocenters. The smallest absolute Gasteiger partial charge is 0.322 e. The maximum absolute atomic E-state index is 12.5. The maximum Gasteiger partial charge on any atom is 0.322 e.